The Hall–Kier alpha value is -3.03. The molecule has 1 heterocycles. The van der Waals surface area contributed by atoms with Crippen LogP contribution >= 0.6 is 0 Å². The predicted octanol–water partition coefficient (Wildman–Crippen LogP) is 1.95. The standard InChI is InChI=1S/C19H15F4N3O3/c1-25-12(9-27)8-26(18(25)13-5-17(29)15(20)6-16(13)28)11-3-2-10(7-24)14(4-11)19(21,22)23/h2-6,12,18,27H,8-9H2,1H3. The molecule has 10 heteroatoms. The molecular formula is C19H15F4N3O3. The highest BCUT2D eigenvalue weighted by molar-refractivity contribution is 6.19. The van der Waals surface area contributed by atoms with Gasteiger partial charge in [0.1, 0.15) is 6.17 Å². The number of aliphatic hydroxyl groups is 1. The van der Waals surface area contributed by atoms with E-state index in [-0.39, 0.29) is 24.4 Å². The van der Waals surface area contributed by atoms with Crippen molar-refractivity contribution in [2.75, 3.05) is 25.1 Å². The molecule has 2 atom stereocenters. The summed E-state index contributed by atoms with van der Waals surface area (Å²) in [7, 11) is 1.53. The average molecular weight is 409 g/mol. The minimum absolute atomic E-state index is 0.0419. The number of nitrogens with zero attached hydrogens (tertiary/aromatic N) is 3. The van der Waals surface area contributed by atoms with E-state index in [2.05, 4.69) is 0 Å². The number of carbonyl (C=O) groups excluding carboxylic acids is 2. The summed E-state index contributed by atoms with van der Waals surface area (Å²) in [6.07, 6.45) is -4.42. The summed E-state index contributed by atoms with van der Waals surface area (Å²) >= 11 is 0. The van der Waals surface area contributed by atoms with Crippen LogP contribution in [0, 0.1) is 11.3 Å². The van der Waals surface area contributed by atoms with Crippen molar-refractivity contribution in [3.05, 3.63) is 52.9 Å². The van der Waals surface area contributed by atoms with Crippen LogP contribution in [0.15, 0.2) is 41.8 Å². The fourth-order valence-electron chi connectivity index (χ4n) is 3.49. The second-order valence-corrected chi connectivity index (χ2v) is 6.69. The number of hydrogen-bond acceptors (Lipinski definition) is 6. The van der Waals surface area contributed by atoms with Gasteiger partial charge < -0.3 is 10.0 Å². The molecule has 152 valence electrons. The van der Waals surface area contributed by atoms with Gasteiger partial charge in [-0.2, -0.15) is 18.4 Å². The maximum atomic E-state index is 13.4. The minimum atomic E-state index is -4.78. The Morgan fingerprint density at radius 3 is 2.52 bits per heavy atom. The summed E-state index contributed by atoms with van der Waals surface area (Å²) in [6.45, 7) is -0.308. The fraction of sp³-hybridized carbons (Fsp3) is 0.316. The SMILES string of the molecule is CN1C(CO)CN(c2ccc(C#N)c(C(F)(F)F)c2)C1C1=CC(=O)C(F)=CC1=O. The zero-order chi connectivity index (χ0) is 21.5. The summed E-state index contributed by atoms with van der Waals surface area (Å²) in [5.41, 5.74) is -1.78. The van der Waals surface area contributed by atoms with Gasteiger partial charge in [-0.15, -0.1) is 0 Å². The minimum Gasteiger partial charge on any atom is -0.395 e. The number of halogens is 4. The van der Waals surface area contributed by atoms with E-state index in [1.807, 2.05) is 0 Å². The molecule has 1 aliphatic heterocycles. The first-order valence-electron chi connectivity index (χ1n) is 8.46. The summed E-state index contributed by atoms with van der Waals surface area (Å²) in [5, 5.41) is 18.6. The van der Waals surface area contributed by atoms with E-state index >= 15 is 0 Å². The number of nitriles is 1. The number of alkyl halides is 3. The molecule has 2 aliphatic rings. The van der Waals surface area contributed by atoms with Crippen LogP contribution in [0.25, 0.3) is 0 Å². The monoisotopic (exact) mass is 409 g/mol. The summed E-state index contributed by atoms with van der Waals surface area (Å²) in [5.74, 6) is -3.02. The van der Waals surface area contributed by atoms with Crippen LogP contribution in [0.5, 0.6) is 0 Å². The molecule has 1 fully saturated rings. The van der Waals surface area contributed by atoms with Gasteiger partial charge >= 0.3 is 6.18 Å². The van der Waals surface area contributed by atoms with Gasteiger partial charge in [-0.1, -0.05) is 0 Å². The molecule has 0 aromatic heterocycles. The third-order valence-corrected chi connectivity index (χ3v) is 4.98. The van der Waals surface area contributed by atoms with Gasteiger partial charge in [0.15, 0.2) is 11.6 Å². The molecule has 0 spiro atoms. The van der Waals surface area contributed by atoms with Crippen molar-refractivity contribution in [2.24, 2.45) is 0 Å². The fourth-order valence-corrected chi connectivity index (χ4v) is 3.49. The largest absolute Gasteiger partial charge is 0.417 e. The molecule has 3 rings (SSSR count). The summed E-state index contributed by atoms with van der Waals surface area (Å²) in [6, 6.07) is 4.03. The molecule has 0 bridgehead atoms. The van der Waals surface area contributed by atoms with E-state index in [9.17, 15) is 32.3 Å². The van der Waals surface area contributed by atoms with E-state index in [0.717, 1.165) is 18.2 Å². The molecule has 1 aromatic rings. The lowest BCUT2D eigenvalue weighted by atomic mass is 9.98. The Labute approximate surface area is 162 Å². The molecular weight excluding hydrogens is 394 g/mol. The van der Waals surface area contributed by atoms with Gasteiger partial charge in [0.2, 0.25) is 5.78 Å². The molecule has 2 unspecified atom stereocenters. The van der Waals surface area contributed by atoms with E-state index in [1.165, 1.54) is 29.0 Å². The van der Waals surface area contributed by atoms with Crippen molar-refractivity contribution in [1.82, 2.24) is 4.90 Å². The number of benzene rings is 1. The number of rotatable bonds is 3. The van der Waals surface area contributed by atoms with Crippen molar-refractivity contribution in [1.29, 1.82) is 5.26 Å². The number of anilines is 1. The first-order chi connectivity index (χ1) is 13.6. The molecule has 1 N–H and O–H groups in total. The van der Waals surface area contributed by atoms with Crippen LogP contribution in [-0.2, 0) is 15.8 Å². The number of carbonyl (C=O) groups is 2. The zero-order valence-electron chi connectivity index (χ0n) is 15.1. The van der Waals surface area contributed by atoms with Crippen molar-refractivity contribution in [3.63, 3.8) is 0 Å². The van der Waals surface area contributed by atoms with Crippen LogP contribution in [0.4, 0.5) is 23.2 Å². The Balaban J connectivity index is 2.10. The smallest absolute Gasteiger partial charge is 0.395 e. The lowest BCUT2D eigenvalue weighted by Crippen LogP contribution is -2.43. The van der Waals surface area contributed by atoms with E-state index in [4.69, 9.17) is 5.26 Å². The number of hydrogen-bond donors (Lipinski definition) is 1. The van der Waals surface area contributed by atoms with Crippen molar-refractivity contribution in [2.45, 2.75) is 18.4 Å². The Bertz CT molecular complexity index is 978. The summed E-state index contributed by atoms with van der Waals surface area (Å²) < 4.78 is 53.5. The third-order valence-electron chi connectivity index (χ3n) is 4.98. The number of ketones is 2. The molecule has 29 heavy (non-hydrogen) atoms. The van der Waals surface area contributed by atoms with Gasteiger partial charge in [-0.3, -0.25) is 14.5 Å². The highest BCUT2D eigenvalue weighted by atomic mass is 19.4. The highest BCUT2D eigenvalue weighted by Crippen LogP contribution is 2.37. The third kappa shape index (κ3) is 3.66. The van der Waals surface area contributed by atoms with Crippen LogP contribution < -0.4 is 4.90 Å². The van der Waals surface area contributed by atoms with Crippen molar-refractivity contribution < 1.29 is 32.3 Å². The second kappa shape index (κ2) is 7.42. The first-order valence-corrected chi connectivity index (χ1v) is 8.46. The zero-order valence-corrected chi connectivity index (χ0v) is 15.1. The van der Waals surface area contributed by atoms with Gasteiger partial charge in [0.25, 0.3) is 0 Å². The molecule has 1 saturated heterocycles. The lowest BCUT2D eigenvalue weighted by Gasteiger charge is -2.32. The molecule has 0 radical (unpaired) electrons. The van der Waals surface area contributed by atoms with E-state index in [0.29, 0.717) is 6.08 Å². The van der Waals surface area contributed by atoms with Crippen molar-refractivity contribution in [3.8, 4) is 6.07 Å². The van der Waals surface area contributed by atoms with Gasteiger partial charge in [0.05, 0.1) is 29.8 Å². The number of likely N-dealkylation sites (N-methyl/N-ethyl adjacent to an activating group) is 1. The maximum absolute atomic E-state index is 13.4. The molecule has 0 saturated carbocycles. The van der Waals surface area contributed by atoms with Crippen LogP contribution in [0.2, 0.25) is 0 Å². The van der Waals surface area contributed by atoms with Crippen molar-refractivity contribution >= 4 is 17.3 Å². The quantitative estimate of drug-likeness (QED) is 0.607. The molecule has 0 amide bonds. The lowest BCUT2D eigenvalue weighted by molar-refractivity contribution is -0.137. The summed E-state index contributed by atoms with van der Waals surface area (Å²) in [4.78, 5) is 27.0. The van der Waals surface area contributed by atoms with Crippen LogP contribution in [0.3, 0.4) is 0 Å². The molecule has 6 nitrogen and oxygen atoms in total. The van der Waals surface area contributed by atoms with Crippen LogP contribution in [-0.4, -0.2) is 54.0 Å². The maximum Gasteiger partial charge on any atom is 0.417 e. The Morgan fingerprint density at radius 1 is 1.24 bits per heavy atom. The van der Waals surface area contributed by atoms with Gasteiger partial charge in [0, 0.05) is 23.9 Å². The second-order valence-electron chi connectivity index (χ2n) is 6.69. The van der Waals surface area contributed by atoms with Gasteiger partial charge in [-0.25, -0.2) is 4.39 Å². The normalized spacial score (nSPS) is 23.1. The van der Waals surface area contributed by atoms with E-state index < -0.39 is 46.9 Å². The molecule has 1 aromatic carbocycles. The van der Waals surface area contributed by atoms with E-state index in [1.54, 1.807) is 0 Å². The van der Waals surface area contributed by atoms with Crippen LogP contribution in [0.1, 0.15) is 11.1 Å². The number of allylic oxidation sites excluding steroid dienone is 3. The van der Waals surface area contributed by atoms with Gasteiger partial charge in [-0.05, 0) is 31.3 Å². The number of aliphatic hydroxyl groups excluding tert-OH is 1. The first kappa shape index (κ1) is 20.7. The Morgan fingerprint density at radius 2 is 1.93 bits per heavy atom. The predicted molar refractivity (Wildman–Crippen MR) is 93.2 cm³/mol. The molecule has 1 aliphatic carbocycles. The topological polar surface area (TPSA) is 84.6 Å². The Kier molecular flexibility index (Phi) is 5.30. The average Bonchev–Trinajstić information content (AvgIpc) is 2.99. The highest BCUT2D eigenvalue weighted by Gasteiger charge is 2.43.